The van der Waals surface area contributed by atoms with Crippen LogP contribution in [0.2, 0.25) is 0 Å². The average molecular weight is 371 g/mol. The first kappa shape index (κ1) is 19.0. The zero-order chi connectivity index (χ0) is 19.1. The summed E-state index contributed by atoms with van der Waals surface area (Å²) < 4.78 is 11.1. The van der Waals surface area contributed by atoms with Crippen LogP contribution in [0.25, 0.3) is 0 Å². The van der Waals surface area contributed by atoms with Crippen LogP contribution in [0, 0.1) is 0 Å². The van der Waals surface area contributed by atoms with Crippen molar-refractivity contribution in [2.24, 2.45) is 0 Å². The Labute approximate surface area is 158 Å². The maximum atomic E-state index is 12.8. The molecule has 1 aromatic heterocycles. The quantitative estimate of drug-likeness (QED) is 0.784. The van der Waals surface area contributed by atoms with Gasteiger partial charge in [0.1, 0.15) is 5.76 Å². The smallest absolute Gasteiger partial charge is 0.322 e. The van der Waals surface area contributed by atoms with Gasteiger partial charge in [0, 0.05) is 25.9 Å². The molecule has 1 aliphatic heterocycles. The Hall–Kier alpha value is -2.80. The van der Waals surface area contributed by atoms with Gasteiger partial charge < -0.3 is 24.7 Å². The van der Waals surface area contributed by atoms with Crippen LogP contribution in [-0.4, -0.2) is 43.1 Å². The van der Waals surface area contributed by atoms with Gasteiger partial charge in [-0.2, -0.15) is 0 Å². The molecule has 0 saturated carbocycles. The normalized spacial score (nSPS) is 16.1. The van der Waals surface area contributed by atoms with Gasteiger partial charge in [0.25, 0.3) is 0 Å². The van der Waals surface area contributed by atoms with E-state index in [1.807, 2.05) is 24.3 Å². The van der Waals surface area contributed by atoms with Crippen molar-refractivity contribution in [2.75, 3.05) is 25.5 Å². The number of carbonyl (C=O) groups is 2. The van der Waals surface area contributed by atoms with Gasteiger partial charge in [0.15, 0.2) is 0 Å². The first-order valence-electron chi connectivity index (χ1n) is 9.13. The van der Waals surface area contributed by atoms with Gasteiger partial charge in [0.2, 0.25) is 5.91 Å². The number of carbonyl (C=O) groups excluding carboxylic acids is 2. The average Bonchev–Trinajstić information content (AvgIpc) is 3.37. The number of urea groups is 1. The third kappa shape index (κ3) is 5.59. The number of hydrogen-bond acceptors (Lipinski definition) is 4. The summed E-state index contributed by atoms with van der Waals surface area (Å²) >= 11 is 0. The molecule has 7 nitrogen and oxygen atoms in total. The van der Waals surface area contributed by atoms with E-state index in [9.17, 15) is 9.59 Å². The molecule has 3 amide bonds. The first-order valence-corrected chi connectivity index (χ1v) is 9.13. The van der Waals surface area contributed by atoms with Crippen LogP contribution in [-0.2, 0) is 22.5 Å². The highest BCUT2D eigenvalue weighted by Crippen LogP contribution is 2.17. The topological polar surface area (TPSA) is 83.8 Å². The Morgan fingerprint density at radius 2 is 2.04 bits per heavy atom. The summed E-state index contributed by atoms with van der Waals surface area (Å²) in [5.41, 5.74) is 1.57. The summed E-state index contributed by atoms with van der Waals surface area (Å²) in [7, 11) is 1.61. The molecular formula is C20H25N3O4. The van der Waals surface area contributed by atoms with Gasteiger partial charge in [0.05, 0.1) is 25.3 Å². The van der Waals surface area contributed by atoms with E-state index in [0.29, 0.717) is 25.2 Å². The molecule has 2 heterocycles. The van der Waals surface area contributed by atoms with Crippen LogP contribution < -0.4 is 10.6 Å². The lowest BCUT2D eigenvalue weighted by Gasteiger charge is -2.25. The van der Waals surface area contributed by atoms with Crippen LogP contribution in [0.15, 0.2) is 47.1 Å². The number of likely N-dealkylation sites (N-methyl/N-ethyl adjacent to an activating group) is 1. The molecule has 144 valence electrons. The van der Waals surface area contributed by atoms with Gasteiger partial charge in [-0.25, -0.2) is 4.79 Å². The Morgan fingerprint density at radius 1 is 1.22 bits per heavy atom. The minimum atomic E-state index is -0.207. The van der Waals surface area contributed by atoms with Crippen molar-refractivity contribution in [1.29, 1.82) is 0 Å². The third-order valence-electron chi connectivity index (χ3n) is 4.51. The van der Waals surface area contributed by atoms with E-state index in [1.54, 1.807) is 30.3 Å². The van der Waals surface area contributed by atoms with Crippen LogP contribution >= 0.6 is 0 Å². The summed E-state index contributed by atoms with van der Waals surface area (Å²) in [6.45, 7) is 1.64. The van der Waals surface area contributed by atoms with Crippen molar-refractivity contribution < 1.29 is 18.7 Å². The maximum Gasteiger partial charge on any atom is 0.322 e. The van der Waals surface area contributed by atoms with Crippen LogP contribution in [0.5, 0.6) is 0 Å². The van der Waals surface area contributed by atoms with E-state index in [0.717, 1.165) is 30.8 Å². The summed E-state index contributed by atoms with van der Waals surface area (Å²) in [6.07, 6.45) is 3.95. The highest BCUT2D eigenvalue weighted by molar-refractivity contribution is 5.89. The van der Waals surface area contributed by atoms with Crippen molar-refractivity contribution in [3.05, 3.63) is 54.0 Å². The van der Waals surface area contributed by atoms with Crippen molar-refractivity contribution in [3.8, 4) is 0 Å². The van der Waals surface area contributed by atoms with E-state index in [4.69, 9.17) is 9.15 Å². The second-order valence-electron chi connectivity index (χ2n) is 6.57. The predicted molar refractivity (Wildman–Crippen MR) is 101 cm³/mol. The zero-order valence-corrected chi connectivity index (χ0v) is 15.4. The molecule has 1 unspecified atom stereocenters. The minimum absolute atomic E-state index is 0.0482. The van der Waals surface area contributed by atoms with E-state index in [-0.39, 0.29) is 18.0 Å². The first-order chi connectivity index (χ1) is 13.1. The number of anilines is 1. The number of amides is 3. The molecule has 27 heavy (non-hydrogen) atoms. The lowest BCUT2D eigenvalue weighted by Crippen LogP contribution is -2.39. The largest absolute Gasteiger partial charge is 0.467 e. The molecule has 3 rings (SSSR count). The van der Waals surface area contributed by atoms with Gasteiger partial charge in [-0.3, -0.25) is 4.79 Å². The standard InChI is InChI=1S/C20H25N3O4/c1-21-19(24)12-15-6-8-16(9-7-15)22-20(25)23(13-17-4-2-10-26-17)14-18-5-3-11-27-18/h2,4,6-10,18H,3,5,11-14H2,1H3,(H,21,24)(H,22,25). The van der Waals surface area contributed by atoms with E-state index >= 15 is 0 Å². The molecule has 0 spiro atoms. The lowest BCUT2D eigenvalue weighted by molar-refractivity contribution is -0.119. The number of nitrogens with one attached hydrogen (secondary N) is 2. The monoisotopic (exact) mass is 371 g/mol. The fraction of sp³-hybridized carbons (Fsp3) is 0.400. The number of benzene rings is 1. The fourth-order valence-electron chi connectivity index (χ4n) is 3.03. The molecule has 1 saturated heterocycles. The molecular weight excluding hydrogens is 346 g/mol. The van der Waals surface area contributed by atoms with E-state index < -0.39 is 0 Å². The zero-order valence-electron chi connectivity index (χ0n) is 15.4. The molecule has 0 radical (unpaired) electrons. The molecule has 2 aromatic rings. The lowest BCUT2D eigenvalue weighted by atomic mass is 10.1. The molecule has 1 aromatic carbocycles. The molecule has 0 aliphatic carbocycles. The van der Waals surface area contributed by atoms with Crippen LogP contribution in [0.3, 0.4) is 0 Å². The Kier molecular flexibility index (Phi) is 6.49. The summed E-state index contributed by atoms with van der Waals surface area (Å²) in [5, 5.41) is 5.51. The molecule has 1 aliphatic rings. The number of furan rings is 1. The second kappa shape index (κ2) is 9.23. The highest BCUT2D eigenvalue weighted by Gasteiger charge is 2.23. The molecule has 1 fully saturated rings. The molecule has 2 N–H and O–H groups in total. The van der Waals surface area contributed by atoms with Crippen molar-refractivity contribution >= 4 is 17.6 Å². The summed E-state index contributed by atoms with van der Waals surface area (Å²) in [5.74, 6) is 0.678. The molecule has 0 bridgehead atoms. The number of rotatable bonds is 7. The third-order valence-corrected chi connectivity index (χ3v) is 4.51. The van der Waals surface area contributed by atoms with E-state index in [2.05, 4.69) is 10.6 Å². The predicted octanol–water partition coefficient (Wildman–Crippen LogP) is 2.78. The summed E-state index contributed by atoms with van der Waals surface area (Å²) in [6, 6.07) is 10.7. The van der Waals surface area contributed by atoms with Gasteiger partial charge in [-0.15, -0.1) is 0 Å². The fourth-order valence-corrected chi connectivity index (χ4v) is 3.03. The van der Waals surface area contributed by atoms with Crippen LogP contribution in [0.1, 0.15) is 24.2 Å². The summed E-state index contributed by atoms with van der Waals surface area (Å²) in [4.78, 5) is 25.9. The second-order valence-corrected chi connectivity index (χ2v) is 6.57. The number of nitrogens with zero attached hydrogens (tertiary/aromatic N) is 1. The van der Waals surface area contributed by atoms with Crippen molar-refractivity contribution in [2.45, 2.75) is 31.9 Å². The van der Waals surface area contributed by atoms with Crippen molar-refractivity contribution in [1.82, 2.24) is 10.2 Å². The number of ether oxygens (including phenoxy) is 1. The molecule has 1 atom stereocenters. The van der Waals surface area contributed by atoms with Crippen LogP contribution in [0.4, 0.5) is 10.5 Å². The molecule has 7 heteroatoms. The minimum Gasteiger partial charge on any atom is -0.467 e. The van der Waals surface area contributed by atoms with Gasteiger partial charge >= 0.3 is 6.03 Å². The Bertz CT molecular complexity index is 737. The maximum absolute atomic E-state index is 12.8. The SMILES string of the molecule is CNC(=O)Cc1ccc(NC(=O)N(Cc2ccco2)CC2CCCO2)cc1. The van der Waals surface area contributed by atoms with Gasteiger partial charge in [-0.1, -0.05) is 12.1 Å². The van der Waals surface area contributed by atoms with Gasteiger partial charge in [-0.05, 0) is 42.7 Å². The Balaban J connectivity index is 1.63. The Morgan fingerprint density at radius 3 is 2.67 bits per heavy atom. The van der Waals surface area contributed by atoms with Crippen molar-refractivity contribution in [3.63, 3.8) is 0 Å². The van der Waals surface area contributed by atoms with E-state index in [1.165, 1.54) is 0 Å². The number of hydrogen-bond donors (Lipinski definition) is 2. The highest BCUT2D eigenvalue weighted by atomic mass is 16.5.